The molecule has 28 heavy (non-hydrogen) atoms. The molecule has 0 aliphatic heterocycles. The summed E-state index contributed by atoms with van der Waals surface area (Å²) in [5.74, 6) is 0.171. The van der Waals surface area contributed by atoms with Crippen molar-refractivity contribution in [2.24, 2.45) is 0 Å². The standard InChI is InChI=1S/C19H12F3N5O/c20-19(21,22)13-9-5-4-8-12(13)14-10-24-16(23)15(25-14)18-27-26-17(28-18)11-6-2-1-3-7-11/h1-10H,(H2,23,24). The molecule has 0 aliphatic rings. The Balaban J connectivity index is 1.79. The topological polar surface area (TPSA) is 90.7 Å². The average molecular weight is 383 g/mol. The predicted octanol–water partition coefficient (Wildman–Crippen LogP) is 4.46. The number of aromatic nitrogens is 4. The average Bonchev–Trinajstić information content (AvgIpc) is 3.18. The molecular weight excluding hydrogens is 371 g/mol. The van der Waals surface area contributed by atoms with Gasteiger partial charge in [-0.3, -0.25) is 0 Å². The maximum absolute atomic E-state index is 13.3. The molecule has 140 valence electrons. The number of hydrogen-bond donors (Lipinski definition) is 1. The van der Waals surface area contributed by atoms with Gasteiger partial charge in [0, 0.05) is 11.1 Å². The summed E-state index contributed by atoms with van der Waals surface area (Å²) in [4.78, 5) is 8.17. The second-order valence-corrected chi connectivity index (χ2v) is 5.81. The van der Waals surface area contributed by atoms with Gasteiger partial charge in [0.2, 0.25) is 5.89 Å². The summed E-state index contributed by atoms with van der Waals surface area (Å²) in [7, 11) is 0. The van der Waals surface area contributed by atoms with E-state index in [4.69, 9.17) is 10.2 Å². The second kappa shape index (κ2) is 6.76. The number of benzene rings is 2. The SMILES string of the molecule is Nc1ncc(-c2ccccc2C(F)(F)F)nc1-c1nnc(-c2ccccc2)o1. The first-order chi connectivity index (χ1) is 13.4. The molecule has 9 heteroatoms. The van der Waals surface area contributed by atoms with Crippen molar-refractivity contribution in [3.63, 3.8) is 0 Å². The predicted molar refractivity (Wildman–Crippen MR) is 95.6 cm³/mol. The van der Waals surface area contributed by atoms with E-state index >= 15 is 0 Å². The third-order valence-corrected chi connectivity index (χ3v) is 3.96. The van der Waals surface area contributed by atoms with Crippen LogP contribution in [0.5, 0.6) is 0 Å². The van der Waals surface area contributed by atoms with Gasteiger partial charge in [-0.25, -0.2) is 9.97 Å². The molecule has 4 aromatic rings. The van der Waals surface area contributed by atoms with E-state index < -0.39 is 11.7 Å². The molecule has 0 amide bonds. The smallest absolute Gasteiger partial charge is 0.414 e. The lowest BCUT2D eigenvalue weighted by Gasteiger charge is -2.12. The number of nitrogens with zero attached hydrogens (tertiary/aromatic N) is 4. The second-order valence-electron chi connectivity index (χ2n) is 5.81. The molecule has 2 heterocycles. The minimum atomic E-state index is -4.54. The molecule has 0 saturated heterocycles. The summed E-state index contributed by atoms with van der Waals surface area (Å²) in [6.45, 7) is 0. The Hall–Kier alpha value is -3.75. The monoisotopic (exact) mass is 383 g/mol. The number of nitrogens with two attached hydrogens (primary N) is 1. The van der Waals surface area contributed by atoms with E-state index in [-0.39, 0.29) is 34.6 Å². The van der Waals surface area contributed by atoms with Crippen molar-refractivity contribution in [3.05, 3.63) is 66.4 Å². The maximum atomic E-state index is 13.3. The Labute approximate surface area is 156 Å². The van der Waals surface area contributed by atoms with Crippen molar-refractivity contribution >= 4 is 5.82 Å². The van der Waals surface area contributed by atoms with Crippen LogP contribution in [0.15, 0.2) is 65.2 Å². The molecule has 0 fully saturated rings. The van der Waals surface area contributed by atoms with Gasteiger partial charge in [0.1, 0.15) is 0 Å². The summed E-state index contributed by atoms with van der Waals surface area (Å²) >= 11 is 0. The zero-order valence-electron chi connectivity index (χ0n) is 14.2. The van der Waals surface area contributed by atoms with Crippen LogP contribution in [0.25, 0.3) is 34.3 Å². The number of anilines is 1. The van der Waals surface area contributed by atoms with Crippen LogP contribution in [0.2, 0.25) is 0 Å². The van der Waals surface area contributed by atoms with Crippen LogP contribution in [0.1, 0.15) is 5.56 Å². The minimum Gasteiger partial charge on any atom is -0.414 e. The van der Waals surface area contributed by atoms with E-state index in [9.17, 15) is 13.2 Å². The van der Waals surface area contributed by atoms with Crippen LogP contribution in [0.3, 0.4) is 0 Å². The highest BCUT2D eigenvalue weighted by Crippen LogP contribution is 2.37. The highest BCUT2D eigenvalue weighted by molar-refractivity contribution is 5.70. The molecule has 2 N–H and O–H groups in total. The molecular formula is C19H12F3N5O. The summed E-state index contributed by atoms with van der Waals surface area (Å²) in [5, 5.41) is 7.85. The van der Waals surface area contributed by atoms with Crippen LogP contribution < -0.4 is 5.73 Å². The lowest BCUT2D eigenvalue weighted by Crippen LogP contribution is -2.08. The number of hydrogen-bond acceptors (Lipinski definition) is 6. The number of halogens is 3. The van der Waals surface area contributed by atoms with Crippen LogP contribution in [-0.4, -0.2) is 20.2 Å². The largest absolute Gasteiger partial charge is 0.417 e. The fourth-order valence-corrected chi connectivity index (χ4v) is 2.66. The molecule has 0 atom stereocenters. The fourth-order valence-electron chi connectivity index (χ4n) is 2.66. The Morgan fingerprint density at radius 1 is 0.857 bits per heavy atom. The number of alkyl halides is 3. The van der Waals surface area contributed by atoms with E-state index in [1.54, 1.807) is 12.1 Å². The summed E-state index contributed by atoms with van der Waals surface area (Å²) in [6.07, 6.45) is -3.36. The third kappa shape index (κ3) is 3.29. The lowest BCUT2D eigenvalue weighted by atomic mass is 10.0. The molecule has 4 rings (SSSR count). The molecule has 6 nitrogen and oxygen atoms in total. The highest BCUT2D eigenvalue weighted by Gasteiger charge is 2.34. The first-order valence-corrected chi connectivity index (χ1v) is 8.12. The molecule has 2 aromatic heterocycles. The van der Waals surface area contributed by atoms with Gasteiger partial charge in [-0.15, -0.1) is 10.2 Å². The van der Waals surface area contributed by atoms with Gasteiger partial charge < -0.3 is 10.2 Å². The molecule has 0 aliphatic carbocycles. The zero-order chi connectivity index (χ0) is 19.7. The molecule has 2 aromatic carbocycles. The normalized spacial score (nSPS) is 11.5. The van der Waals surface area contributed by atoms with Crippen molar-refractivity contribution in [1.82, 2.24) is 20.2 Å². The Kier molecular flexibility index (Phi) is 4.26. The van der Waals surface area contributed by atoms with Crippen LogP contribution in [-0.2, 0) is 6.18 Å². The van der Waals surface area contributed by atoms with E-state index in [2.05, 4.69) is 20.2 Å². The van der Waals surface area contributed by atoms with Crippen molar-refractivity contribution in [3.8, 4) is 34.3 Å². The summed E-state index contributed by atoms with van der Waals surface area (Å²) in [6, 6.07) is 14.1. The Morgan fingerprint density at radius 3 is 2.29 bits per heavy atom. The molecule has 0 spiro atoms. The van der Waals surface area contributed by atoms with Gasteiger partial charge in [0.05, 0.1) is 17.5 Å². The Bertz CT molecular complexity index is 1130. The van der Waals surface area contributed by atoms with Gasteiger partial charge in [-0.1, -0.05) is 36.4 Å². The zero-order valence-corrected chi connectivity index (χ0v) is 14.2. The van der Waals surface area contributed by atoms with E-state index in [0.717, 1.165) is 6.07 Å². The first kappa shape index (κ1) is 17.7. The summed E-state index contributed by atoms with van der Waals surface area (Å²) < 4.78 is 45.5. The van der Waals surface area contributed by atoms with E-state index in [1.165, 1.54) is 24.4 Å². The quantitative estimate of drug-likeness (QED) is 0.562. The van der Waals surface area contributed by atoms with Gasteiger partial charge in [-0.2, -0.15) is 13.2 Å². The minimum absolute atomic E-state index is 0.00316. The van der Waals surface area contributed by atoms with Crippen LogP contribution in [0.4, 0.5) is 19.0 Å². The Morgan fingerprint density at radius 2 is 1.54 bits per heavy atom. The third-order valence-electron chi connectivity index (χ3n) is 3.96. The van der Waals surface area contributed by atoms with Gasteiger partial charge in [0.25, 0.3) is 5.89 Å². The maximum Gasteiger partial charge on any atom is 0.417 e. The van der Waals surface area contributed by atoms with Gasteiger partial charge in [0.15, 0.2) is 11.5 Å². The highest BCUT2D eigenvalue weighted by atomic mass is 19.4. The van der Waals surface area contributed by atoms with Crippen molar-refractivity contribution in [2.45, 2.75) is 6.18 Å². The summed E-state index contributed by atoms with van der Waals surface area (Å²) in [5.41, 5.74) is 5.61. The number of rotatable bonds is 3. The van der Waals surface area contributed by atoms with Crippen LogP contribution in [0, 0.1) is 0 Å². The lowest BCUT2D eigenvalue weighted by molar-refractivity contribution is -0.137. The fraction of sp³-hybridized carbons (Fsp3) is 0.0526. The van der Waals surface area contributed by atoms with Crippen molar-refractivity contribution in [2.75, 3.05) is 5.73 Å². The molecule has 0 unspecified atom stereocenters. The van der Waals surface area contributed by atoms with Gasteiger partial charge in [-0.05, 0) is 18.2 Å². The molecule has 0 bridgehead atoms. The van der Waals surface area contributed by atoms with E-state index in [0.29, 0.717) is 5.56 Å². The first-order valence-electron chi connectivity index (χ1n) is 8.12. The molecule has 0 saturated carbocycles. The van der Waals surface area contributed by atoms with Crippen molar-refractivity contribution in [1.29, 1.82) is 0 Å². The molecule has 0 radical (unpaired) electrons. The van der Waals surface area contributed by atoms with Crippen molar-refractivity contribution < 1.29 is 17.6 Å². The number of nitrogen functional groups attached to an aromatic ring is 1. The van der Waals surface area contributed by atoms with Crippen LogP contribution >= 0.6 is 0 Å². The van der Waals surface area contributed by atoms with Gasteiger partial charge >= 0.3 is 6.18 Å². The van der Waals surface area contributed by atoms with E-state index in [1.807, 2.05) is 18.2 Å².